The third-order valence-electron chi connectivity index (χ3n) is 0.500. The molecule has 31 valence electrons. The summed E-state index contributed by atoms with van der Waals surface area (Å²) in [6.07, 6.45) is 0. The first-order valence-corrected chi connectivity index (χ1v) is 3.54. The number of hydrogen-bond acceptors (Lipinski definition) is 0. The first-order valence-electron chi connectivity index (χ1n) is 2.62. The van der Waals surface area contributed by atoms with Gasteiger partial charge in [0.15, 0.2) is 0 Å². The predicted molar refractivity (Wildman–Crippen MR) is 28.1 cm³/mol. The Morgan fingerprint density at radius 1 is 1.60 bits per heavy atom. The monoisotopic (exact) mass is 88.1 g/mol. The van der Waals surface area contributed by atoms with Gasteiger partial charge in [-0.05, 0) is 0 Å². The normalized spacial score (nSPS) is 12.2. The van der Waals surface area contributed by atoms with Gasteiger partial charge >= 0.3 is 0 Å². The quantitative estimate of drug-likeness (QED) is 0.446. The van der Waals surface area contributed by atoms with E-state index in [1.807, 2.05) is 0 Å². The Morgan fingerprint density at radius 3 is 2.00 bits per heavy atom. The SMILES string of the molecule is [2H][Si](CC)CC. The highest BCUT2D eigenvalue weighted by Crippen LogP contribution is 1.77. The van der Waals surface area contributed by atoms with Gasteiger partial charge in [0, 0.05) is 10.7 Å². The van der Waals surface area contributed by atoms with E-state index in [2.05, 4.69) is 13.8 Å². The number of rotatable bonds is 2. The summed E-state index contributed by atoms with van der Waals surface area (Å²) in [4.78, 5) is 0. The van der Waals surface area contributed by atoms with Crippen LogP contribution in [-0.4, -0.2) is 10.7 Å². The molecule has 0 rings (SSSR count). The van der Waals surface area contributed by atoms with Crippen LogP contribution in [0.2, 0.25) is 12.1 Å². The molecule has 0 nitrogen and oxygen atoms in total. The van der Waals surface area contributed by atoms with E-state index >= 15 is 0 Å². The molecule has 0 aliphatic carbocycles. The fourth-order valence-corrected chi connectivity index (χ4v) is 0.750. The maximum Gasteiger partial charge on any atom is 0.0274 e. The average molecular weight is 88.2 g/mol. The third-order valence-corrected chi connectivity index (χ3v) is 1.50. The molecular formula is C4H11Si. The minimum absolute atomic E-state index is 0.618. The van der Waals surface area contributed by atoms with E-state index in [0.29, 0.717) is 0 Å². The van der Waals surface area contributed by atoms with Crippen molar-refractivity contribution in [3.05, 3.63) is 0 Å². The van der Waals surface area contributed by atoms with E-state index in [1.165, 1.54) is 0 Å². The molecule has 1 heteroatoms. The lowest BCUT2D eigenvalue weighted by atomic mass is 11.0. The van der Waals surface area contributed by atoms with Crippen LogP contribution in [0.5, 0.6) is 0 Å². The van der Waals surface area contributed by atoms with Crippen molar-refractivity contribution in [2.45, 2.75) is 25.9 Å². The molecule has 0 bridgehead atoms. The highest BCUT2D eigenvalue weighted by Gasteiger charge is 1.70. The van der Waals surface area contributed by atoms with Crippen LogP contribution in [0.4, 0.5) is 0 Å². The van der Waals surface area contributed by atoms with E-state index < -0.39 is 9.45 Å². The smallest absolute Gasteiger partial charge is 0.0274 e. The van der Waals surface area contributed by atoms with Crippen LogP contribution < -0.4 is 0 Å². The van der Waals surface area contributed by atoms with Crippen molar-refractivity contribution in [1.29, 1.82) is 1.23 Å². The van der Waals surface area contributed by atoms with Gasteiger partial charge in [-0.3, -0.25) is 0 Å². The Labute approximate surface area is 37.6 Å². The maximum absolute atomic E-state index is 7.17. The van der Waals surface area contributed by atoms with Crippen molar-refractivity contribution in [1.82, 2.24) is 0 Å². The predicted octanol–water partition coefficient (Wildman–Crippen LogP) is 1.30. The lowest BCUT2D eigenvalue weighted by molar-refractivity contribution is 1.36. The fraction of sp³-hybridized carbons (Fsp3) is 1.00. The van der Waals surface area contributed by atoms with Crippen molar-refractivity contribution < 1.29 is 0 Å². The van der Waals surface area contributed by atoms with Crippen LogP contribution >= 0.6 is 0 Å². The van der Waals surface area contributed by atoms with Gasteiger partial charge in [-0.1, -0.05) is 25.9 Å². The second kappa shape index (κ2) is 4.22. The molecule has 0 unspecified atom stereocenters. The molecule has 5 heavy (non-hydrogen) atoms. The van der Waals surface area contributed by atoms with Crippen molar-refractivity contribution >= 4 is 9.45 Å². The van der Waals surface area contributed by atoms with Crippen molar-refractivity contribution in [2.24, 2.45) is 0 Å². The van der Waals surface area contributed by atoms with Crippen LogP contribution in [0.1, 0.15) is 13.8 Å². The summed E-state index contributed by atoms with van der Waals surface area (Å²) in [6.45, 7) is 4.18. The molecule has 0 atom stereocenters. The minimum atomic E-state index is -0.618. The van der Waals surface area contributed by atoms with E-state index in [9.17, 15) is 0 Å². The standard InChI is InChI=1S/C4H11Si/c1-3-5-4-2/h5H,3-4H2,1-2H3/i5D. The van der Waals surface area contributed by atoms with Gasteiger partial charge in [-0.2, -0.15) is 0 Å². The third kappa shape index (κ3) is 4.22. The van der Waals surface area contributed by atoms with Gasteiger partial charge in [0.2, 0.25) is 0 Å². The number of hydrogen-bond donors (Lipinski definition) is 0. The zero-order valence-electron chi connectivity index (χ0n) is 4.91. The molecule has 0 aromatic heterocycles. The molecule has 0 aromatic rings. The highest BCUT2D eigenvalue weighted by atomic mass is 28.2. The van der Waals surface area contributed by atoms with E-state index in [-0.39, 0.29) is 0 Å². The summed E-state index contributed by atoms with van der Waals surface area (Å²) in [5, 5.41) is 0. The Bertz CT molecular complexity index is 26.7. The molecule has 0 aliphatic rings. The Kier molecular flexibility index (Phi) is 2.87. The Balaban J connectivity index is 2.75. The second-order valence-electron chi connectivity index (χ2n) is 0.957. The second-order valence-corrected chi connectivity index (χ2v) is 2.87. The summed E-state index contributed by atoms with van der Waals surface area (Å²) in [5.41, 5.74) is 0. The molecular weight excluding hydrogens is 76.1 g/mol. The van der Waals surface area contributed by atoms with E-state index in [1.54, 1.807) is 0 Å². The lowest BCUT2D eigenvalue weighted by Gasteiger charge is -1.77. The molecule has 0 amide bonds. The summed E-state index contributed by atoms with van der Waals surface area (Å²) in [5.74, 6) is 0. The maximum atomic E-state index is 7.17. The zero-order chi connectivity index (χ0) is 4.99. The van der Waals surface area contributed by atoms with Gasteiger partial charge in [0.25, 0.3) is 0 Å². The minimum Gasteiger partial charge on any atom is -0.0682 e. The van der Waals surface area contributed by atoms with Gasteiger partial charge < -0.3 is 0 Å². The van der Waals surface area contributed by atoms with Crippen molar-refractivity contribution in [2.75, 3.05) is 0 Å². The molecule has 0 aromatic carbocycles. The zero-order valence-corrected chi connectivity index (χ0v) is 4.91. The van der Waals surface area contributed by atoms with Gasteiger partial charge in [0.1, 0.15) is 0 Å². The summed E-state index contributed by atoms with van der Waals surface area (Å²) in [6, 6.07) is 2.20. The molecule has 0 fully saturated rings. The fourth-order valence-electron chi connectivity index (χ4n) is 0.250. The average Bonchev–Trinajstić information content (AvgIpc) is 1.65. The van der Waals surface area contributed by atoms with Crippen LogP contribution in [0.25, 0.3) is 0 Å². The molecule has 1 radical (unpaired) electrons. The first-order chi connectivity index (χ1) is 2.81. The van der Waals surface area contributed by atoms with Gasteiger partial charge in [-0.15, -0.1) is 0 Å². The van der Waals surface area contributed by atoms with Crippen LogP contribution in [0.3, 0.4) is 0 Å². The Hall–Kier alpha value is 0.217. The largest absolute Gasteiger partial charge is 0.0682 e. The van der Waals surface area contributed by atoms with Gasteiger partial charge in [0.05, 0.1) is 0 Å². The molecule has 0 saturated carbocycles. The molecule has 0 N–H and O–H groups in total. The van der Waals surface area contributed by atoms with E-state index in [0.717, 1.165) is 12.1 Å². The molecule has 0 saturated heterocycles. The van der Waals surface area contributed by atoms with Crippen molar-refractivity contribution in [3.8, 4) is 0 Å². The molecule has 0 heterocycles. The molecule has 0 spiro atoms. The lowest BCUT2D eigenvalue weighted by Crippen LogP contribution is -1.76. The summed E-state index contributed by atoms with van der Waals surface area (Å²) >= 11 is 0. The summed E-state index contributed by atoms with van der Waals surface area (Å²) in [7, 11) is -0.618. The summed E-state index contributed by atoms with van der Waals surface area (Å²) < 4.78 is 7.17. The van der Waals surface area contributed by atoms with E-state index in [4.69, 9.17) is 1.23 Å². The first kappa shape index (κ1) is 3.41. The van der Waals surface area contributed by atoms with Crippen LogP contribution in [0, 0.1) is 0 Å². The Morgan fingerprint density at radius 2 is 2.00 bits per heavy atom. The van der Waals surface area contributed by atoms with Crippen LogP contribution in [-0.2, 0) is 0 Å². The van der Waals surface area contributed by atoms with Crippen LogP contribution in [0.15, 0.2) is 0 Å². The topological polar surface area (TPSA) is 0 Å². The highest BCUT2D eigenvalue weighted by molar-refractivity contribution is 6.34. The van der Waals surface area contributed by atoms with Crippen molar-refractivity contribution in [3.63, 3.8) is 0 Å². The molecule has 0 aliphatic heterocycles. The van der Waals surface area contributed by atoms with Gasteiger partial charge in [-0.25, -0.2) is 0 Å².